The molecule has 0 aromatic heterocycles. The number of aliphatic carboxylic acids is 1. The molecule has 0 aliphatic carbocycles. The van der Waals surface area contributed by atoms with Crippen molar-refractivity contribution in [2.45, 2.75) is 0 Å². The molecule has 0 saturated heterocycles. The summed E-state index contributed by atoms with van der Waals surface area (Å²) in [7, 11) is 0. The van der Waals surface area contributed by atoms with E-state index in [0.29, 0.717) is 6.08 Å². The second-order valence-electron chi connectivity index (χ2n) is 2.77. The van der Waals surface area contributed by atoms with Crippen LogP contribution in [-0.4, -0.2) is 11.9 Å². The summed E-state index contributed by atoms with van der Waals surface area (Å²) < 4.78 is 12.7. The summed E-state index contributed by atoms with van der Waals surface area (Å²) in [5, 5.41) is 12.2. The molecular weight excluding hydrogens is 237 g/mol. The van der Waals surface area contributed by atoms with E-state index in [4.69, 9.17) is 11.6 Å². The van der Waals surface area contributed by atoms with Crippen molar-refractivity contribution in [3.63, 3.8) is 0 Å². The molecule has 0 saturated carbocycles. The summed E-state index contributed by atoms with van der Waals surface area (Å²) >= 11 is 5.48. The van der Waals surface area contributed by atoms with Crippen LogP contribution in [-0.2, 0) is 9.59 Å². The van der Waals surface area contributed by atoms with Crippen molar-refractivity contribution in [1.29, 1.82) is 0 Å². The van der Waals surface area contributed by atoms with Crippen LogP contribution in [0.3, 0.4) is 0 Å². The highest BCUT2D eigenvalue weighted by atomic mass is 35.5. The molecule has 0 bridgehead atoms. The summed E-state index contributed by atoms with van der Waals surface area (Å²) in [5.41, 5.74) is 0.263. The molecule has 0 aliphatic rings. The van der Waals surface area contributed by atoms with Crippen molar-refractivity contribution in [2.24, 2.45) is 0 Å². The number of benzene rings is 1. The van der Waals surface area contributed by atoms with Crippen molar-refractivity contribution in [2.75, 3.05) is 5.32 Å². The van der Waals surface area contributed by atoms with Gasteiger partial charge in [0, 0.05) is 11.8 Å². The van der Waals surface area contributed by atoms with Crippen molar-refractivity contribution in [3.05, 3.63) is 41.2 Å². The predicted octanol–water partition coefficient (Wildman–Crippen LogP) is 0.724. The minimum absolute atomic E-state index is 0.137. The molecule has 0 heterocycles. The number of carbonyl (C=O) groups is 2. The van der Waals surface area contributed by atoms with Gasteiger partial charge in [0.2, 0.25) is 5.91 Å². The number of carboxylic acids is 1. The molecule has 0 atom stereocenters. The van der Waals surface area contributed by atoms with Gasteiger partial charge in [0.1, 0.15) is 5.82 Å². The van der Waals surface area contributed by atoms with E-state index < -0.39 is 17.7 Å². The Bertz CT molecular complexity index is 459. The summed E-state index contributed by atoms with van der Waals surface area (Å²) in [5.74, 6) is -2.76. The Labute approximate surface area is 95.3 Å². The third kappa shape index (κ3) is 3.70. The Morgan fingerprint density at radius 1 is 1.38 bits per heavy atom. The minimum Gasteiger partial charge on any atom is -0.545 e. The highest BCUT2D eigenvalue weighted by Gasteiger charge is 2.02. The molecule has 0 fully saturated rings. The largest absolute Gasteiger partial charge is 0.545 e. The number of hydrogen-bond donors (Lipinski definition) is 1. The third-order valence-electron chi connectivity index (χ3n) is 1.56. The number of carboxylic acid groups (broad SMARTS) is 1. The number of carbonyl (C=O) groups excluding carboxylic acids is 2. The van der Waals surface area contributed by atoms with E-state index in [1.165, 1.54) is 12.1 Å². The van der Waals surface area contributed by atoms with Crippen LogP contribution in [0.1, 0.15) is 0 Å². The van der Waals surface area contributed by atoms with Gasteiger partial charge >= 0.3 is 0 Å². The molecule has 1 rings (SSSR count). The average Bonchev–Trinajstić information content (AvgIpc) is 2.21. The lowest BCUT2D eigenvalue weighted by atomic mass is 10.3. The van der Waals surface area contributed by atoms with Gasteiger partial charge in [-0.25, -0.2) is 4.39 Å². The van der Waals surface area contributed by atoms with Crippen LogP contribution in [0.2, 0.25) is 5.02 Å². The maximum absolute atomic E-state index is 12.7. The zero-order valence-corrected chi connectivity index (χ0v) is 8.62. The molecule has 1 aromatic carbocycles. The monoisotopic (exact) mass is 242 g/mol. The van der Waals surface area contributed by atoms with Crippen LogP contribution >= 0.6 is 11.6 Å². The molecule has 84 valence electrons. The molecular formula is C10H6ClFNO3-. The smallest absolute Gasteiger partial charge is 0.248 e. The lowest BCUT2D eigenvalue weighted by Gasteiger charge is -2.02. The van der Waals surface area contributed by atoms with E-state index in [-0.39, 0.29) is 10.7 Å². The maximum atomic E-state index is 12.7. The fraction of sp³-hybridized carbons (Fsp3) is 0. The van der Waals surface area contributed by atoms with Gasteiger partial charge in [-0.1, -0.05) is 11.6 Å². The lowest BCUT2D eigenvalue weighted by Crippen LogP contribution is -2.20. The van der Waals surface area contributed by atoms with E-state index in [1.54, 1.807) is 0 Å². The SMILES string of the molecule is O=C([O-])/C=C/C(=O)Nc1ccc(F)c(Cl)c1. The fourth-order valence-corrected chi connectivity index (χ4v) is 1.08. The molecule has 6 heteroatoms. The zero-order valence-electron chi connectivity index (χ0n) is 7.87. The quantitative estimate of drug-likeness (QED) is 0.795. The second kappa shape index (κ2) is 5.27. The number of nitrogens with one attached hydrogen (secondary N) is 1. The van der Waals surface area contributed by atoms with Gasteiger partial charge in [-0.3, -0.25) is 4.79 Å². The van der Waals surface area contributed by atoms with Crippen LogP contribution in [0.4, 0.5) is 10.1 Å². The van der Waals surface area contributed by atoms with E-state index >= 15 is 0 Å². The highest BCUT2D eigenvalue weighted by molar-refractivity contribution is 6.31. The van der Waals surface area contributed by atoms with Gasteiger partial charge in [0.25, 0.3) is 0 Å². The summed E-state index contributed by atoms with van der Waals surface area (Å²) in [4.78, 5) is 21.1. The second-order valence-corrected chi connectivity index (χ2v) is 3.18. The van der Waals surface area contributed by atoms with Crippen LogP contribution < -0.4 is 10.4 Å². The van der Waals surface area contributed by atoms with E-state index in [2.05, 4.69) is 5.32 Å². The maximum Gasteiger partial charge on any atom is 0.248 e. The molecule has 1 amide bonds. The fourth-order valence-electron chi connectivity index (χ4n) is 0.902. The molecule has 0 unspecified atom stereocenters. The predicted molar refractivity (Wildman–Crippen MR) is 54.2 cm³/mol. The molecule has 0 aliphatic heterocycles. The van der Waals surface area contributed by atoms with Crippen molar-refractivity contribution < 1.29 is 19.1 Å². The van der Waals surface area contributed by atoms with Crippen LogP contribution in [0.5, 0.6) is 0 Å². The molecule has 0 radical (unpaired) electrons. The first-order valence-corrected chi connectivity index (χ1v) is 4.52. The van der Waals surface area contributed by atoms with Crippen LogP contribution in [0.15, 0.2) is 30.4 Å². The molecule has 16 heavy (non-hydrogen) atoms. The Hall–Kier alpha value is -1.88. The highest BCUT2D eigenvalue weighted by Crippen LogP contribution is 2.19. The molecule has 0 spiro atoms. The number of rotatable bonds is 3. The summed E-state index contributed by atoms with van der Waals surface area (Å²) in [6.45, 7) is 0. The van der Waals surface area contributed by atoms with Crippen molar-refractivity contribution >= 4 is 29.2 Å². The topological polar surface area (TPSA) is 69.2 Å². The van der Waals surface area contributed by atoms with Crippen molar-refractivity contribution in [3.8, 4) is 0 Å². The number of hydrogen-bond acceptors (Lipinski definition) is 3. The van der Waals surface area contributed by atoms with Gasteiger partial charge < -0.3 is 15.2 Å². The zero-order chi connectivity index (χ0) is 12.1. The third-order valence-corrected chi connectivity index (χ3v) is 1.85. The first kappa shape index (κ1) is 12.2. The Balaban J connectivity index is 2.70. The van der Waals surface area contributed by atoms with Crippen LogP contribution in [0, 0.1) is 5.82 Å². The van der Waals surface area contributed by atoms with Gasteiger partial charge in [-0.15, -0.1) is 0 Å². The van der Waals surface area contributed by atoms with Crippen molar-refractivity contribution in [1.82, 2.24) is 0 Å². The Kier molecular flexibility index (Phi) is 4.02. The van der Waals surface area contributed by atoms with Gasteiger partial charge in [0.05, 0.1) is 11.0 Å². The molecule has 1 aromatic rings. The van der Waals surface area contributed by atoms with Crippen LogP contribution in [0.25, 0.3) is 0 Å². The first-order valence-electron chi connectivity index (χ1n) is 4.14. The number of amides is 1. The Morgan fingerprint density at radius 2 is 2.06 bits per heavy atom. The number of anilines is 1. The summed E-state index contributed by atoms with van der Waals surface area (Å²) in [6, 6.07) is 3.59. The van der Waals surface area contributed by atoms with Gasteiger partial charge in [-0.05, 0) is 24.3 Å². The average molecular weight is 243 g/mol. The first-order chi connectivity index (χ1) is 7.49. The summed E-state index contributed by atoms with van der Waals surface area (Å²) in [6.07, 6.45) is 1.37. The van der Waals surface area contributed by atoms with E-state index in [0.717, 1.165) is 12.1 Å². The minimum atomic E-state index is -1.48. The molecule has 4 nitrogen and oxygen atoms in total. The van der Waals surface area contributed by atoms with E-state index in [1.807, 2.05) is 0 Å². The molecule has 1 N–H and O–H groups in total. The standard InChI is InChI=1S/C10H7ClFNO3/c11-7-5-6(1-2-8(7)12)13-9(14)3-4-10(15)16/h1-5H,(H,13,14)(H,15,16)/p-1/b4-3+. The lowest BCUT2D eigenvalue weighted by molar-refractivity contribution is -0.297. The number of halogens is 2. The van der Waals surface area contributed by atoms with Gasteiger partial charge in [0.15, 0.2) is 0 Å². The van der Waals surface area contributed by atoms with Gasteiger partial charge in [-0.2, -0.15) is 0 Å². The van der Waals surface area contributed by atoms with E-state index in [9.17, 15) is 19.1 Å². The normalized spacial score (nSPS) is 10.4. The Morgan fingerprint density at radius 3 is 2.62 bits per heavy atom.